The standard InChI is InChI=1S/C14H27BrO2/c1-2-3-4-6-9-12-16-14-17-13-10-7-5-8-11-15/h5,7H,2-4,6,8-14H2,1H3. The van der Waals surface area contributed by atoms with Crippen molar-refractivity contribution in [2.75, 3.05) is 25.3 Å². The molecule has 0 unspecified atom stereocenters. The van der Waals surface area contributed by atoms with Crippen LogP contribution in [0.25, 0.3) is 0 Å². The van der Waals surface area contributed by atoms with Crippen molar-refractivity contribution in [2.45, 2.75) is 51.9 Å². The van der Waals surface area contributed by atoms with Crippen LogP contribution >= 0.6 is 15.9 Å². The van der Waals surface area contributed by atoms with E-state index in [9.17, 15) is 0 Å². The van der Waals surface area contributed by atoms with Gasteiger partial charge in [0.2, 0.25) is 0 Å². The molecule has 0 aliphatic carbocycles. The first kappa shape index (κ1) is 17.1. The smallest absolute Gasteiger partial charge is 0.146 e. The maximum atomic E-state index is 5.39. The van der Waals surface area contributed by atoms with Gasteiger partial charge in [0.15, 0.2) is 0 Å². The van der Waals surface area contributed by atoms with E-state index in [0.717, 1.165) is 37.8 Å². The van der Waals surface area contributed by atoms with Crippen LogP contribution in [0.1, 0.15) is 51.9 Å². The molecule has 102 valence electrons. The zero-order chi connectivity index (χ0) is 12.6. The van der Waals surface area contributed by atoms with Gasteiger partial charge in [-0.2, -0.15) is 0 Å². The second-order valence-corrected chi connectivity index (χ2v) is 4.88. The van der Waals surface area contributed by atoms with Crippen molar-refractivity contribution in [3.8, 4) is 0 Å². The highest BCUT2D eigenvalue weighted by Crippen LogP contribution is 2.02. The van der Waals surface area contributed by atoms with Crippen LogP contribution in [0, 0.1) is 0 Å². The van der Waals surface area contributed by atoms with E-state index >= 15 is 0 Å². The van der Waals surface area contributed by atoms with E-state index in [2.05, 4.69) is 35.0 Å². The highest BCUT2D eigenvalue weighted by atomic mass is 79.9. The van der Waals surface area contributed by atoms with Crippen LogP contribution < -0.4 is 0 Å². The van der Waals surface area contributed by atoms with Crippen molar-refractivity contribution in [3.05, 3.63) is 12.2 Å². The normalized spacial score (nSPS) is 11.4. The Morgan fingerprint density at radius 2 is 1.59 bits per heavy atom. The molecule has 0 saturated heterocycles. The Balaban J connectivity index is 2.94. The Morgan fingerprint density at radius 1 is 0.882 bits per heavy atom. The van der Waals surface area contributed by atoms with E-state index in [-0.39, 0.29) is 0 Å². The number of rotatable bonds is 13. The van der Waals surface area contributed by atoms with Gasteiger partial charge < -0.3 is 9.47 Å². The van der Waals surface area contributed by atoms with Crippen LogP contribution in [0.15, 0.2) is 12.2 Å². The summed E-state index contributed by atoms with van der Waals surface area (Å²) in [5, 5.41) is 1.03. The number of unbranched alkanes of at least 4 members (excludes halogenated alkanes) is 4. The number of allylic oxidation sites excluding steroid dienone is 1. The quantitative estimate of drug-likeness (QED) is 0.213. The van der Waals surface area contributed by atoms with Gasteiger partial charge in [-0.15, -0.1) is 0 Å². The third kappa shape index (κ3) is 16.1. The molecule has 0 aromatic rings. The molecule has 0 atom stereocenters. The van der Waals surface area contributed by atoms with E-state index in [1.807, 2.05) is 0 Å². The average molecular weight is 307 g/mol. The van der Waals surface area contributed by atoms with Crippen molar-refractivity contribution in [1.29, 1.82) is 0 Å². The van der Waals surface area contributed by atoms with Gasteiger partial charge in [-0.3, -0.25) is 0 Å². The molecule has 0 aliphatic rings. The maximum absolute atomic E-state index is 5.39. The van der Waals surface area contributed by atoms with E-state index < -0.39 is 0 Å². The van der Waals surface area contributed by atoms with Crippen molar-refractivity contribution in [2.24, 2.45) is 0 Å². The Morgan fingerprint density at radius 3 is 2.35 bits per heavy atom. The molecule has 0 aromatic heterocycles. The highest BCUT2D eigenvalue weighted by Gasteiger charge is 1.90. The second-order valence-electron chi connectivity index (χ2n) is 4.09. The number of hydrogen-bond donors (Lipinski definition) is 0. The molecule has 0 bridgehead atoms. The molecule has 0 N–H and O–H groups in total. The SMILES string of the molecule is CCCCCCCOCOCCC=CCCBr. The first-order valence-corrected chi connectivity index (χ1v) is 7.90. The van der Waals surface area contributed by atoms with Crippen LogP contribution in [0.3, 0.4) is 0 Å². The van der Waals surface area contributed by atoms with E-state index in [1.165, 1.54) is 25.7 Å². The monoisotopic (exact) mass is 306 g/mol. The van der Waals surface area contributed by atoms with Crippen LogP contribution in [0.2, 0.25) is 0 Å². The minimum Gasteiger partial charge on any atom is -0.355 e. The Hall–Kier alpha value is 0.140. The molecule has 0 fully saturated rings. The molecule has 0 amide bonds. The van der Waals surface area contributed by atoms with Crippen molar-refractivity contribution < 1.29 is 9.47 Å². The number of hydrogen-bond acceptors (Lipinski definition) is 2. The molecule has 0 rings (SSSR count). The molecule has 0 aromatic carbocycles. The fraction of sp³-hybridized carbons (Fsp3) is 0.857. The van der Waals surface area contributed by atoms with Gasteiger partial charge >= 0.3 is 0 Å². The van der Waals surface area contributed by atoms with Crippen molar-refractivity contribution >= 4 is 15.9 Å². The molecular formula is C14H27BrO2. The second kappa shape index (κ2) is 16.1. The largest absolute Gasteiger partial charge is 0.355 e. The zero-order valence-electron chi connectivity index (χ0n) is 11.1. The van der Waals surface area contributed by atoms with Gasteiger partial charge in [-0.05, 0) is 19.3 Å². The molecule has 3 heteroatoms. The maximum Gasteiger partial charge on any atom is 0.146 e. The van der Waals surface area contributed by atoms with Gasteiger partial charge in [0, 0.05) is 11.9 Å². The number of alkyl halides is 1. The summed E-state index contributed by atoms with van der Waals surface area (Å²) in [5.74, 6) is 0. The van der Waals surface area contributed by atoms with Gasteiger partial charge in [0.05, 0.1) is 6.61 Å². The fourth-order valence-electron chi connectivity index (χ4n) is 1.43. The lowest BCUT2D eigenvalue weighted by atomic mass is 10.2. The topological polar surface area (TPSA) is 18.5 Å². The lowest BCUT2D eigenvalue weighted by Crippen LogP contribution is -2.02. The van der Waals surface area contributed by atoms with Crippen LogP contribution in [0.4, 0.5) is 0 Å². The summed E-state index contributed by atoms with van der Waals surface area (Å²) in [6.07, 6.45) is 12.8. The molecule has 0 aliphatic heterocycles. The van der Waals surface area contributed by atoms with Crippen LogP contribution in [-0.2, 0) is 9.47 Å². The predicted octanol–water partition coefficient (Wildman–Crippen LogP) is 4.68. The van der Waals surface area contributed by atoms with Gasteiger partial charge in [-0.1, -0.05) is 60.7 Å². The lowest BCUT2D eigenvalue weighted by molar-refractivity contribution is -0.0531. The third-order valence-corrected chi connectivity index (χ3v) is 2.89. The van der Waals surface area contributed by atoms with Crippen LogP contribution in [0.5, 0.6) is 0 Å². The predicted molar refractivity (Wildman–Crippen MR) is 77.7 cm³/mol. The molecule has 17 heavy (non-hydrogen) atoms. The molecule has 0 radical (unpaired) electrons. The summed E-state index contributed by atoms with van der Waals surface area (Å²) in [5.41, 5.74) is 0. The third-order valence-electron chi connectivity index (χ3n) is 2.43. The number of halogens is 1. The summed E-state index contributed by atoms with van der Waals surface area (Å²) >= 11 is 3.38. The van der Waals surface area contributed by atoms with E-state index in [0.29, 0.717) is 6.79 Å². The average Bonchev–Trinajstić information content (AvgIpc) is 2.35. The first-order chi connectivity index (χ1) is 8.41. The lowest BCUT2D eigenvalue weighted by Gasteiger charge is -2.04. The molecule has 0 heterocycles. The summed E-state index contributed by atoms with van der Waals surface area (Å²) in [6, 6.07) is 0. The first-order valence-electron chi connectivity index (χ1n) is 6.78. The molecule has 0 spiro atoms. The van der Waals surface area contributed by atoms with Gasteiger partial charge in [-0.25, -0.2) is 0 Å². The Labute approximate surface area is 115 Å². The van der Waals surface area contributed by atoms with Gasteiger partial charge in [0.25, 0.3) is 0 Å². The highest BCUT2D eigenvalue weighted by molar-refractivity contribution is 9.09. The van der Waals surface area contributed by atoms with E-state index in [4.69, 9.17) is 9.47 Å². The molecule has 0 saturated carbocycles. The van der Waals surface area contributed by atoms with Crippen LogP contribution in [-0.4, -0.2) is 25.3 Å². The molecular weight excluding hydrogens is 280 g/mol. The van der Waals surface area contributed by atoms with E-state index in [1.54, 1.807) is 0 Å². The zero-order valence-corrected chi connectivity index (χ0v) is 12.7. The summed E-state index contributed by atoms with van der Waals surface area (Å²) in [4.78, 5) is 0. The molecule has 2 nitrogen and oxygen atoms in total. The summed E-state index contributed by atoms with van der Waals surface area (Å²) in [7, 11) is 0. The Bertz CT molecular complexity index is 160. The van der Waals surface area contributed by atoms with Crippen molar-refractivity contribution in [1.82, 2.24) is 0 Å². The van der Waals surface area contributed by atoms with Crippen molar-refractivity contribution in [3.63, 3.8) is 0 Å². The van der Waals surface area contributed by atoms with Gasteiger partial charge in [0.1, 0.15) is 6.79 Å². The number of ether oxygens (including phenoxy) is 2. The minimum absolute atomic E-state index is 0.445. The Kier molecular flexibility index (Phi) is 16.3. The minimum atomic E-state index is 0.445. The fourth-order valence-corrected chi connectivity index (χ4v) is 1.70. The summed E-state index contributed by atoms with van der Waals surface area (Å²) < 4.78 is 10.7. The summed E-state index contributed by atoms with van der Waals surface area (Å²) in [6.45, 7) is 4.27.